The summed E-state index contributed by atoms with van der Waals surface area (Å²) in [6, 6.07) is 13.5. The molecule has 0 aliphatic carbocycles. The molecule has 24 heavy (non-hydrogen) atoms. The van der Waals surface area contributed by atoms with Crippen molar-refractivity contribution in [2.24, 2.45) is 10.8 Å². The number of hydrogen-bond donors (Lipinski definition) is 1. The Labute approximate surface area is 151 Å². The monoisotopic (exact) mass is 363 g/mol. The van der Waals surface area contributed by atoms with Gasteiger partial charge in [0, 0.05) is 18.0 Å². The number of halogens is 2. The van der Waals surface area contributed by atoms with Crippen LogP contribution < -0.4 is 15.5 Å². The molecule has 0 spiro atoms. The highest BCUT2D eigenvalue weighted by Gasteiger charge is 2.29. The second-order valence-electron chi connectivity index (χ2n) is 5.53. The van der Waals surface area contributed by atoms with Crippen LogP contribution in [0.25, 0.3) is 0 Å². The summed E-state index contributed by atoms with van der Waals surface area (Å²) < 4.78 is 5.51. The molecule has 0 saturated carbocycles. The van der Waals surface area contributed by atoms with E-state index in [1.54, 1.807) is 6.07 Å². The molecular formula is C18H19Cl2N3O. The minimum absolute atomic E-state index is 0.0536. The van der Waals surface area contributed by atoms with Crippen LogP contribution in [0.3, 0.4) is 0 Å². The van der Waals surface area contributed by atoms with Crippen molar-refractivity contribution in [3.63, 3.8) is 0 Å². The van der Waals surface area contributed by atoms with Crippen molar-refractivity contribution >= 4 is 34.6 Å². The first kappa shape index (κ1) is 17.1. The Balaban J connectivity index is 1.93. The molecule has 0 saturated heterocycles. The average Bonchev–Trinajstić information content (AvgIpc) is 3.00. The fraction of sp³-hybridized carbons (Fsp3) is 0.278. The van der Waals surface area contributed by atoms with Gasteiger partial charge in [0.05, 0.1) is 29.1 Å². The zero-order chi connectivity index (χ0) is 17.1. The van der Waals surface area contributed by atoms with E-state index in [9.17, 15) is 0 Å². The van der Waals surface area contributed by atoms with Crippen LogP contribution in [0, 0.1) is 0 Å². The molecule has 126 valence electrons. The van der Waals surface area contributed by atoms with Gasteiger partial charge < -0.3 is 10.5 Å². The van der Waals surface area contributed by atoms with E-state index in [0.29, 0.717) is 23.2 Å². The molecule has 2 aromatic carbocycles. The van der Waals surface area contributed by atoms with E-state index in [4.69, 9.17) is 33.7 Å². The van der Waals surface area contributed by atoms with Gasteiger partial charge in [0.2, 0.25) is 0 Å². The van der Waals surface area contributed by atoms with Crippen molar-refractivity contribution < 1.29 is 4.74 Å². The third kappa shape index (κ3) is 3.51. The lowest BCUT2D eigenvalue weighted by molar-refractivity contribution is 0.340. The highest BCUT2D eigenvalue weighted by molar-refractivity contribution is 6.36. The summed E-state index contributed by atoms with van der Waals surface area (Å²) in [5, 5.41) is 7.75. The van der Waals surface area contributed by atoms with Crippen molar-refractivity contribution in [3.05, 3.63) is 58.1 Å². The summed E-state index contributed by atoms with van der Waals surface area (Å²) in [4.78, 5) is 0. The third-order valence-electron chi connectivity index (χ3n) is 3.94. The first-order chi connectivity index (χ1) is 11.6. The first-order valence-corrected chi connectivity index (χ1v) is 8.61. The molecule has 0 radical (unpaired) electrons. The molecule has 0 amide bonds. The zero-order valence-corrected chi connectivity index (χ0v) is 14.9. The maximum Gasteiger partial charge on any atom is 0.119 e. The van der Waals surface area contributed by atoms with Gasteiger partial charge in [-0.15, -0.1) is 0 Å². The molecule has 3 rings (SSSR count). The van der Waals surface area contributed by atoms with Gasteiger partial charge in [-0.05, 0) is 42.8 Å². The van der Waals surface area contributed by atoms with E-state index >= 15 is 0 Å². The predicted octanol–water partition coefficient (Wildman–Crippen LogP) is 4.66. The third-order valence-corrected chi connectivity index (χ3v) is 4.48. The summed E-state index contributed by atoms with van der Waals surface area (Å²) in [6.07, 6.45) is 0.767. The molecule has 1 aliphatic rings. The van der Waals surface area contributed by atoms with Crippen LogP contribution in [0.5, 0.6) is 5.75 Å². The minimum Gasteiger partial charge on any atom is -0.494 e. The number of nitrogens with two attached hydrogens (primary N) is 1. The van der Waals surface area contributed by atoms with Gasteiger partial charge in [-0.2, -0.15) is 5.10 Å². The highest BCUT2D eigenvalue weighted by Crippen LogP contribution is 2.39. The van der Waals surface area contributed by atoms with Crippen LogP contribution in [-0.4, -0.2) is 18.9 Å². The number of hydrogen-bond acceptors (Lipinski definition) is 4. The molecular weight excluding hydrogens is 345 g/mol. The second kappa shape index (κ2) is 7.43. The second-order valence-corrected chi connectivity index (χ2v) is 6.38. The Hall–Kier alpha value is -1.75. The van der Waals surface area contributed by atoms with Crippen LogP contribution in [-0.2, 0) is 0 Å². The summed E-state index contributed by atoms with van der Waals surface area (Å²) in [5.41, 5.74) is 8.71. The van der Waals surface area contributed by atoms with E-state index < -0.39 is 0 Å². The topological polar surface area (TPSA) is 50.9 Å². The molecule has 2 N–H and O–H groups in total. The summed E-state index contributed by atoms with van der Waals surface area (Å²) in [5.74, 6) is 0.857. The number of benzene rings is 2. The molecule has 1 atom stereocenters. The van der Waals surface area contributed by atoms with Crippen LogP contribution in [0.2, 0.25) is 10.0 Å². The summed E-state index contributed by atoms with van der Waals surface area (Å²) >= 11 is 12.4. The normalized spacial score (nSPS) is 17.1. The van der Waals surface area contributed by atoms with Crippen LogP contribution in [0.15, 0.2) is 47.6 Å². The van der Waals surface area contributed by atoms with Gasteiger partial charge in [0.1, 0.15) is 5.75 Å². The van der Waals surface area contributed by atoms with Gasteiger partial charge in [-0.3, -0.25) is 5.01 Å². The standard InChI is InChI=1S/C18H19Cl2N3O/c1-2-24-15-6-3-12(4-7-15)18-10-14(11-21)22-23(18)17-8-5-13(19)9-16(17)20/h3-9,18H,2,10-11,21H2,1H3. The maximum atomic E-state index is 6.37. The molecule has 0 fully saturated rings. The van der Waals surface area contributed by atoms with Crippen molar-refractivity contribution in [2.45, 2.75) is 19.4 Å². The SMILES string of the molecule is CCOc1ccc(C2CC(CN)=NN2c2ccc(Cl)cc2Cl)cc1. The fourth-order valence-electron chi connectivity index (χ4n) is 2.80. The minimum atomic E-state index is 0.0536. The van der Waals surface area contributed by atoms with Gasteiger partial charge >= 0.3 is 0 Å². The molecule has 0 aromatic heterocycles. The Morgan fingerprint density at radius 2 is 1.96 bits per heavy atom. The molecule has 1 heterocycles. The van der Waals surface area contributed by atoms with E-state index in [1.165, 1.54) is 0 Å². The zero-order valence-electron chi connectivity index (χ0n) is 13.4. The lowest BCUT2D eigenvalue weighted by Gasteiger charge is -2.25. The molecule has 1 aliphatic heterocycles. The molecule has 1 unspecified atom stereocenters. The molecule has 4 nitrogen and oxygen atoms in total. The molecule has 6 heteroatoms. The van der Waals surface area contributed by atoms with E-state index in [0.717, 1.165) is 29.1 Å². The maximum absolute atomic E-state index is 6.37. The number of anilines is 1. The van der Waals surface area contributed by atoms with Crippen LogP contribution in [0.1, 0.15) is 24.9 Å². The highest BCUT2D eigenvalue weighted by atomic mass is 35.5. The van der Waals surface area contributed by atoms with Crippen molar-refractivity contribution in [2.75, 3.05) is 18.2 Å². The largest absolute Gasteiger partial charge is 0.494 e. The van der Waals surface area contributed by atoms with E-state index in [2.05, 4.69) is 17.2 Å². The van der Waals surface area contributed by atoms with Crippen LogP contribution in [0.4, 0.5) is 5.69 Å². The smallest absolute Gasteiger partial charge is 0.119 e. The fourth-order valence-corrected chi connectivity index (χ4v) is 3.29. The summed E-state index contributed by atoms with van der Waals surface area (Å²) in [7, 11) is 0. The van der Waals surface area contributed by atoms with Crippen molar-refractivity contribution in [3.8, 4) is 5.75 Å². The molecule has 2 aromatic rings. The lowest BCUT2D eigenvalue weighted by Crippen LogP contribution is -2.19. The van der Waals surface area contributed by atoms with Gasteiger partial charge in [-0.1, -0.05) is 35.3 Å². The Morgan fingerprint density at radius 3 is 2.58 bits per heavy atom. The Morgan fingerprint density at radius 1 is 1.21 bits per heavy atom. The van der Waals surface area contributed by atoms with Gasteiger partial charge in [0.15, 0.2) is 0 Å². The predicted molar refractivity (Wildman–Crippen MR) is 100 cm³/mol. The quantitative estimate of drug-likeness (QED) is 0.840. The average molecular weight is 364 g/mol. The molecule has 0 bridgehead atoms. The van der Waals surface area contributed by atoms with E-state index in [-0.39, 0.29) is 6.04 Å². The lowest BCUT2D eigenvalue weighted by atomic mass is 10.0. The number of hydrazone groups is 1. The summed E-state index contributed by atoms with van der Waals surface area (Å²) in [6.45, 7) is 3.04. The Kier molecular flexibility index (Phi) is 5.29. The Bertz CT molecular complexity index is 746. The number of nitrogens with zero attached hydrogens (tertiary/aromatic N) is 2. The van der Waals surface area contributed by atoms with Gasteiger partial charge in [-0.25, -0.2) is 0 Å². The van der Waals surface area contributed by atoms with Crippen molar-refractivity contribution in [1.29, 1.82) is 0 Å². The first-order valence-electron chi connectivity index (χ1n) is 7.85. The number of rotatable bonds is 5. The van der Waals surface area contributed by atoms with Crippen molar-refractivity contribution in [1.82, 2.24) is 0 Å². The number of ether oxygens (including phenoxy) is 1. The van der Waals surface area contributed by atoms with E-state index in [1.807, 2.05) is 36.2 Å². The van der Waals surface area contributed by atoms with Crippen LogP contribution >= 0.6 is 23.2 Å². The van der Waals surface area contributed by atoms with Gasteiger partial charge in [0.25, 0.3) is 0 Å².